The van der Waals surface area contributed by atoms with E-state index in [0.717, 1.165) is 0 Å². The highest BCUT2D eigenvalue weighted by Crippen LogP contribution is 2.41. The lowest BCUT2D eigenvalue weighted by Gasteiger charge is -2.16. The molecule has 0 atom stereocenters. The minimum atomic E-state index is 1.24. The van der Waals surface area contributed by atoms with Gasteiger partial charge in [-0.25, -0.2) is 0 Å². The molecule has 0 nitrogen and oxygen atoms in total. The SMILES string of the molecule is C=C[CH]c1ccc2cccc3c4cccc5cccc(c1c23)c54. The van der Waals surface area contributed by atoms with Crippen LogP contribution in [-0.4, -0.2) is 0 Å². The van der Waals surface area contributed by atoms with Crippen molar-refractivity contribution < 1.29 is 0 Å². The van der Waals surface area contributed by atoms with Gasteiger partial charge < -0.3 is 0 Å². The Balaban J connectivity index is 2.22. The summed E-state index contributed by atoms with van der Waals surface area (Å²) in [7, 11) is 0. The molecule has 0 aromatic heterocycles. The lowest BCUT2D eigenvalue weighted by atomic mass is 9.87. The van der Waals surface area contributed by atoms with Crippen molar-refractivity contribution in [3.63, 3.8) is 0 Å². The fourth-order valence-electron chi connectivity index (χ4n) is 3.95. The van der Waals surface area contributed by atoms with Gasteiger partial charge in [-0.2, -0.15) is 0 Å². The highest BCUT2D eigenvalue weighted by atomic mass is 14.2. The molecule has 0 amide bonds. The Hall–Kier alpha value is -2.86. The summed E-state index contributed by atoms with van der Waals surface area (Å²) in [6.45, 7) is 3.89. The molecule has 107 valence electrons. The van der Waals surface area contributed by atoms with Gasteiger partial charge in [0.15, 0.2) is 0 Å². The van der Waals surface area contributed by atoms with E-state index in [2.05, 4.69) is 79.7 Å². The maximum Gasteiger partial charge on any atom is 0.0125 e. The average Bonchev–Trinajstić information content (AvgIpc) is 2.60. The Labute approximate surface area is 135 Å². The van der Waals surface area contributed by atoms with Gasteiger partial charge in [0.25, 0.3) is 0 Å². The minimum absolute atomic E-state index is 1.24. The number of allylic oxidation sites excluding steroid dienone is 1. The Bertz CT molecular complexity index is 1190. The fourth-order valence-corrected chi connectivity index (χ4v) is 3.95. The van der Waals surface area contributed by atoms with Gasteiger partial charge in [-0.1, -0.05) is 72.8 Å². The smallest absolute Gasteiger partial charge is 0.0125 e. The Kier molecular flexibility index (Phi) is 2.51. The molecule has 0 N–H and O–H groups in total. The Morgan fingerprint density at radius 2 is 1.17 bits per heavy atom. The summed E-state index contributed by atoms with van der Waals surface area (Å²) in [6.07, 6.45) is 3.99. The summed E-state index contributed by atoms with van der Waals surface area (Å²) in [4.78, 5) is 0. The number of hydrogen-bond donors (Lipinski definition) is 0. The number of fused-ring (bicyclic) bond motifs is 2. The summed E-state index contributed by atoms with van der Waals surface area (Å²) >= 11 is 0. The van der Waals surface area contributed by atoms with Gasteiger partial charge in [0.05, 0.1) is 0 Å². The Morgan fingerprint density at radius 1 is 0.565 bits per heavy atom. The molecule has 0 spiro atoms. The first kappa shape index (κ1) is 12.7. The van der Waals surface area contributed by atoms with Crippen molar-refractivity contribution in [1.29, 1.82) is 0 Å². The molecule has 0 fully saturated rings. The lowest BCUT2D eigenvalue weighted by molar-refractivity contribution is 1.61. The highest BCUT2D eigenvalue weighted by Gasteiger charge is 2.14. The largest absolute Gasteiger partial charge is 0.102 e. The van der Waals surface area contributed by atoms with Gasteiger partial charge in [0, 0.05) is 6.42 Å². The summed E-state index contributed by atoms with van der Waals surface area (Å²) in [5.41, 5.74) is 1.24. The number of rotatable bonds is 2. The fraction of sp³-hybridized carbons (Fsp3) is 0. The predicted octanol–water partition coefficient (Wildman–Crippen LogP) is 6.48. The van der Waals surface area contributed by atoms with Gasteiger partial charge >= 0.3 is 0 Å². The first-order valence-corrected chi connectivity index (χ1v) is 7.92. The molecule has 23 heavy (non-hydrogen) atoms. The minimum Gasteiger partial charge on any atom is -0.102 e. The molecule has 0 aliphatic carbocycles. The number of benzene rings is 5. The third-order valence-corrected chi connectivity index (χ3v) is 4.84. The first-order valence-electron chi connectivity index (χ1n) is 7.92. The molecule has 0 saturated carbocycles. The van der Waals surface area contributed by atoms with Gasteiger partial charge in [-0.15, -0.1) is 6.58 Å². The molecule has 0 heterocycles. The van der Waals surface area contributed by atoms with Crippen molar-refractivity contribution in [1.82, 2.24) is 0 Å². The zero-order valence-corrected chi connectivity index (χ0v) is 12.7. The third-order valence-electron chi connectivity index (χ3n) is 4.84. The molecule has 5 rings (SSSR count). The van der Waals surface area contributed by atoms with E-state index in [-0.39, 0.29) is 0 Å². The quantitative estimate of drug-likeness (QED) is 0.258. The van der Waals surface area contributed by atoms with E-state index >= 15 is 0 Å². The third kappa shape index (κ3) is 1.61. The molecule has 0 saturated heterocycles. The van der Waals surface area contributed by atoms with E-state index in [1.54, 1.807) is 0 Å². The lowest BCUT2D eigenvalue weighted by Crippen LogP contribution is -1.90. The van der Waals surface area contributed by atoms with Crippen LogP contribution in [0.1, 0.15) is 5.56 Å². The highest BCUT2D eigenvalue weighted by molar-refractivity contribution is 6.33. The maximum absolute atomic E-state index is 3.89. The van der Waals surface area contributed by atoms with Crippen molar-refractivity contribution in [2.45, 2.75) is 0 Å². The van der Waals surface area contributed by atoms with Crippen LogP contribution in [0.4, 0.5) is 0 Å². The van der Waals surface area contributed by atoms with Crippen LogP contribution in [-0.2, 0) is 0 Å². The van der Waals surface area contributed by atoms with Crippen molar-refractivity contribution >= 4 is 43.1 Å². The van der Waals surface area contributed by atoms with E-state index in [0.29, 0.717) is 0 Å². The van der Waals surface area contributed by atoms with Crippen LogP contribution >= 0.6 is 0 Å². The normalized spacial score (nSPS) is 11.8. The van der Waals surface area contributed by atoms with E-state index < -0.39 is 0 Å². The zero-order chi connectivity index (χ0) is 15.4. The molecule has 0 heteroatoms. The van der Waals surface area contributed by atoms with Crippen LogP contribution in [0.15, 0.2) is 79.4 Å². The van der Waals surface area contributed by atoms with Crippen molar-refractivity contribution in [3.8, 4) is 0 Å². The van der Waals surface area contributed by atoms with Crippen LogP contribution in [0.2, 0.25) is 0 Å². The van der Waals surface area contributed by atoms with Gasteiger partial charge in [-0.05, 0) is 48.7 Å². The van der Waals surface area contributed by atoms with Crippen LogP contribution in [0.5, 0.6) is 0 Å². The summed E-state index contributed by atoms with van der Waals surface area (Å²) in [5.74, 6) is 0. The molecule has 0 bridgehead atoms. The topological polar surface area (TPSA) is 0 Å². The average molecular weight is 291 g/mol. The molecule has 0 aliphatic heterocycles. The molecule has 1 radical (unpaired) electrons. The maximum atomic E-state index is 3.89. The van der Waals surface area contributed by atoms with Crippen LogP contribution in [0.3, 0.4) is 0 Å². The molecular weight excluding hydrogens is 276 g/mol. The van der Waals surface area contributed by atoms with Gasteiger partial charge in [0.2, 0.25) is 0 Å². The van der Waals surface area contributed by atoms with E-state index in [1.165, 1.54) is 48.7 Å². The van der Waals surface area contributed by atoms with E-state index in [9.17, 15) is 0 Å². The van der Waals surface area contributed by atoms with Gasteiger partial charge in [0.1, 0.15) is 0 Å². The van der Waals surface area contributed by atoms with Crippen molar-refractivity contribution in [3.05, 3.63) is 91.4 Å². The molecule has 5 aromatic rings. The second-order valence-electron chi connectivity index (χ2n) is 6.05. The van der Waals surface area contributed by atoms with E-state index in [4.69, 9.17) is 0 Å². The monoisotopic (exact) mass is 291 g/mol. The van der Waals surface area contributed by atoms with Gasteiger partial charge in [-0.3, -0.25) is 0 Å². The Morgan fingerprint density at radius 3 is 1.87 bits per heavy atom. The summed E-state index contributed by atoms with van der Waals surface area (Å²) < 4.78 is 0. The second kappa shape index (κ2) is 4.57. The first-order chi connectivity index (χ1) is 11.4. The predicted molar refractivity (Wildman–Crippen MR) is 101 cm³/mol. The van der Waals surface area contributed by atoms with Crippen LogP contribution in [0.25, 0.3) is 43.1 Å². The zero-order valence-electron chi connectivity index (χ0n) is 12.7. The molecule has 0 unspecified atom stereocenters. The van der Waals surface area contributed by atoms with Crippen molar-refractivity contribution in [2.24, 2.45) is 0 Å². The summed E-state index contributed by atoms with van der Waals surface area (Å²) in [6, 6.07) is 24.2. The van der Waals surface area contributed by atoms with E-state index in [1.807, 2.05) is 6.08 Å². The molecule has 5 aromatic carbocycles. The standard InChI is InChI=1S/C23H15/c1-2-6-15-13-14-17-9-4-11-19-18-10-3-7-16-8-5-12-20(21(16)18)23(15)22(17)19/h2-14H,1H2. The second-order valence-corrected chi connectivity index (χ2v) is 6.05. The van der Waals surface area contributed by atoms with Crippen LogP contribution in [0, 0.1) is 6.42 Å². The molecule has 0 aliphatic rings. The van der Waals surface area contributed by atoms with Crippen LogP contribution < -0.4 is 0 Å². The number of hydrogen-bond acceptors (Lipinski definition) is 0. The summed E-state index contributed by atoms with van der Waals surface area (Å²) in [5, 5.41) is 10.7. The molecular formula is C23H15. The van der Waals surface area contributed by atoms with Crippen molar-refractivity contribution in [2.75, 3.05) is 0 Å².